The predicted molar refractivity (Wildman–Crippen MR) is 73.3 cm³/mol. The van der Waals surface area contributed by atoms with E-state index >= 15 is 0 Å². The van der Waals surface area contributed by atoms with Crippen LogP contribution in [0.3, 0.4) is 0 Å². The SMILES string of the molecule is C[C@@H](CN)NS(=O)(=O)c1cccc(C(=O)N(C)C)c1. The molecule has 1 rings (SSSR count). The van der Waals surface area contributed by atoms with E-state index in [2.05, 4.69) is 4.72 Å². The van der Waals surface area contributed by atoms with E-state index in [1.54, 1.807) is 33.2 Å². The highest BCUT2D eigenvalue weighted by Crippen LogP contribution is 2.13. The number of benzene rings is 1. The molecule has 6 nitrogen and oxygen atoms in total. The molecule has 0 saturated heterocycles. The molecule has 1 amide bonds. The fraction of sp³-hybridized carbons (Fsp3) is 0.417. The van der Waals surface area contributed by atoms with Gasteiger partial charge in [-0.05, 0) is 25.1 Å². The molecule has 3 N–H and O–H groups in total. The molecule has 0 aliphatic heterocycles. The van der Waals surface area contributed by atoms with Crippen LogP contribution in [-0.4, -0.2) is 45.9 Å². The Balaban J connectivity index is 3.09. The van der Waals surface area contributed by atoms with Gasteiger partial charge in [0.2, 0.25) is 10.0 Å². The first-order chi connectivity index (χ1) is 8.77. The lowest BCUT2D eigenvalue weighted by Gasteiger charge is -2.14. The summed E-state index contributed by atoms with van der Waals surface area (Å²) in [5.41, 5.74) is 5.71. The van der Waals surface area contributed by atoms with Crippen LogP contribution in [0.25, 0.3) is 0 Å². The summed E-state index contributed by atoms with van der Waals surface area (Å²) in [4.78, 5) is 13.2. The van der Waals surface area contributed by atoms with Gasteiger partial charge in [-0.1, -0.05) is 6.07 Å². The molecule has 1 aromatic rings. The zero-order valence-electron chi connectivity index (χ0n) is 11.3. The number of amides is 1. The normalized spacial score (nSPS) is 13.1. The van der Waals surface area contributed by atoms with Crippen LogP contribution in [0.2, 0.25) is 0 Å². The van der Waals surface area contributed by atoms with E-state index in [0.717, 1.165) is 0 Å². The Bertz CT molecular complexity index is 555. The third kappa shape index (κ3) is 4.02. The minimum Gasteiger partial charge on any atom is -0.345 e. The summed E-state index contributed by atoms with van der Waals surface area (Å²) in [6, 6.07) is 5.55. The number of hydrogen-bond donors (Lipinski definition) is 2. The minimum atomic E-state index is -3.65. The molecule has 0 bridgehead atoms. The maximum Gasteiger partial charge on any atom is 0.253 e. The topological polar surface area (TPSA) is 92.5 Å². The monoisotopic (exact) mass is 285 g/mol. The third-order valence-corrected chi connectivity index (χ3v) is 4.09. The number of sulfonamides is 1. The van der Waals surface area contributed by atoms with Crippen LogP contribution >= 0.6 is 0 Å². The molecule has 0 spiro atoms. The predicted octanol–water partition coefficient (Wildman–Crippen LogP) is 0.0139. The average Bonchev–Trinajstić information content (AvgIpc) is 2.37. The second kappa shape index (κ2) is 6.14. The zero-order chi connectivity index (χ0) is 14.6. The van der Waals surface area contributed by atoms with Gasteiger partial charge in [-0.25, -0.2) is 13.1 Å². The summed E-state index contributed by atoms with van der Waals surface area (Å²) in [5.74, 6) is -0.246. The molecule has 0 saturated carbocycles. The zero-order valence-corrected chi connectivity index (χ0v) is 12.1. The number of rotatable bonds is 5. The smallest absolute Gasteiger partial charge is 0.253 e. The highest BCUT2D eigenvalue weighted by molar-refractivity contribution is 7.89. The summed E-state index contributed by atoms with van der Waals surface area (Å²) in [6.45, 7) is 1.88. The van der Waals surface area contributed by atoms with E-state index in [4.69, 9.17) is 5.73 Å². The van der Waals surface area contributed by atoms with Crippen LogP contribution in [-0.2, 0) is 10.0 Å². The Kier molecular flexibility index (Phi) is 5.04. The Morgan fingerprint density at radius 2 is 2.05 bits per heavy atom. The van der Waals surface area contributed by atoms with Gasteiger partial charge in [0, 0.05) is 32.2 Å². The summed E-state index contributed by atoms with van der Waals surface area (Å²) >= 11 is 0. The molecule has 1 atom stereocenters. The van der Waals surface area contributed by atoms with Crippen molar-refractivity contribution in [3.63, 3.8) is 0 Å². The van der Waals surface area contributed by atoms with Crippen LogP contribution in [0.15, 0.2) is 29.2 Å². The van der Waals surface area contributed by atoms with Gasteiger partial charge in [-0.2, -0.15) is 0 Å². The molecular weight excluding hydrogens is 266 g/mol. The first kappa shape index (κ1) is 15.6. The number of nitrogens with one attached hydrogen (secondary N) is 1. The van der Waals surface area contributed by atoms with Crippen LogP contribution in [0.1, 0.15) is 17.3 Å². The van der Waals surface area contributed by atoms with Gasteiger partial charge in [0.15, 0.2) is 0 Å². The minimum absolute atomic E-state index is 0.0560. The third-order valence-electron chi connectivity index (χ3n) is 2.51. The number of carbonyl (C=O) groups excluding carboxylic acids is 1. The molecule has 1 aromatic carbocycles. The van der Waals surface area contributed by atoms with Gasteiger partial charge in [-0.3, -0.25) is 4.79 Å². The summed E-state index contributed by atoms with van der Waals surface area (Å²) in [7, 11) is -0.435. The fourth-order valence-corrected chi connectivity index (χ4v) is 2.74. The van der Waals surface area contributed by atoms with Gasteiger partial charge in [0.05, 0.1) is 4.90 Å². The van der Waals surface area contributed by atoms with Crippen LogP contribution < -0.4 is 10.5 Å². The molecule has 0 radical (unpaired) electrons. The number of hydrogen-bond acceptors (Lipinski definition) is 4. The lowest BCUT2D eigenvalue weighted by atomic mass is 10.2. The number of nitrogens with zero attached hydrogens (tertiary/aromatic N) is 1. The van der Waals surface area contributed by atoms with Crippen molar-refractivity contribution in [3.8, 4) is 0 Å². The average molecular weight is 285 g/mol. The molecule has 0 unspecified atom stereocenters. The lowest BCUT2D eigenvalue weighted by molar-refractivity contribution is 0.0827. The van der Waals surface area contributed by atoms with E-state index in [9.17, 15) is 13.2 Å². The second-order valence-corrected chi connectivity index (χ2v) is 6.20. The Labute approximate surface area is 113 Å². The molecule has 106 valence electrons. The first-order valence-corrected chi connectivity index (χ1v) is 7.30. The highest BCUT2D eigenvalue weighted by Gasteiger charge is 2.18. The maximum absolute atomic E-state index is 12.1. The highest BCUT2D eigenvalue weighted by atomic mass is 32.2. The Morgan fingerprint density at radius 3 is 2.58 bits per heavy atom. The largest absolute Gasteiger partial charge is 0.345 e. The molecule has 0 fully saturated rings. The van der Waals surface area contributed by atoms with Gasteiger partial charge < -0.3 is 10.6 Å². The van der Waals surface area contributed by atoms with Gasteiger partial charge >= 0.3 is 0 Å². The summed E-state index contributed by atoms with van der Waals surface area (Å²) in [6.07, 6.45) is 0. The number of nitrogens with two attached hydrogens (primary N) is 1. The summed E-state index contributed by atoms with van der Waals surface area (Å²) < 4.78 is 26.5. The molecule has 0 aliphatic rings. The van der Waals surface area contributed by atoms with Crippen LogP contribution in [0.5, 0.6) is 0 Å². The van der Waals surface area contributed by atoms with Crippen LogP contribution in [0, 0.1) is 0 Å². The quantitative estimate of drug-likeness (QED) is 0.797. The standard InChI is InChI=1S/C12H19N3O3S/c1-9(8-13)14-19(17,18)11-6-4-5-10(7-11)12(16)15(2)3/h4-7,9,14H,8,13H2,1-3H3/t9-/m0/s1. The van der Waals surface area contributed by atoms with Gasteiger partial charge in [0.25, 0.3) is 5.91 Å². The summed E-state index contributed by atoms with van der Waals surface area (Å²) in [5, 5.41) is 0. The van der Waals surface area contributed by atoms with E-state index in [-0.39, 0.29) is 23.4 Å². The molecule has 19 heavy (non-hydrogen) atoms. The van der Waals surface area contributed by atoms with Crippen molar-refractivity contribution >= 4 is 15.9 Å². The van der Waals surface area contributed by atoms with E-state index < -0.39 is 10.0 Å². The molecule has 0 heterocycles. The van der Waals surface area contributed by atoms with Crippen molar-refractivity contribution in [2.24, 2.45) is 5.73 Å². The van der Waals surface area contributed by atoms with E-state index in [0.29, 0.717) is 5.56 Å². The van der Waals surface area contributed by atoms with Crippen molar-refractivity contribution in [1.29, 1.82) is 0 Å². The molecule has 7 heteroatoms. The van der Waals surface area contributed by atoms with Crippen molar-refractivity contribution in [1.82, 2.24) is 9.62 Å². The van der Waals surface area contributed by atoms with Crippen molar-refractivity contribution < 1.29 is 13.2 Å². The Hall–Kier alpha value is -1.44. The first-order valence-electron chi connectivity index (χ1n) is 5.82. The fourth-order valence-electron chi connectivity index (χ4n) is 1.44. The van der Waals surface area contributed by atoms with Crippen LogP contribution in [0.4, 0.5) is 0 Å². The Morgan fingerprint density at radius 1 is 1.42 bits per heavy atom. The van der Waals surface area contributed by atoms with Crippen molar-refractivity contribution in [2.45, 2.75) is 17.9 Å². The number of carbonyl (C=O) groups is 1. The van der Waals surface area contributed by atoms with Gasteiger partial charge in [0.1, 0.15) is 0 Å². The van der Waals surface area contributed by atoms with E-state index in [1.807, 2.05) is 0 Å². The van der Waals surface area contributed by atoms with Crippen molar-refractivity contribution in [2.75, 3.05) is 20.6 Å². The van der Waals surface area contributed by atoms with E-state index in [1.165, 1.54) is 17.0 Å². The van der Waals surface area contributed by atoms with Crippen molar-refractivity contribution in [3.05, 3.63) is 29.8 Å². The molecular formula is C12H19N3O3S. The van der Waals surface area contributed by atoms with Gasteiger partial charge in [-0.15, -0.1) is 0 Å². The molecule has 0 aromatic heterocycles. The second-order valence-electron chi connectivity index (χ2n) is 4.49. The maximum atomic E-state index is 12.1. The lowest BCUT2D eigenvalue weighted by Crippen LogP contribution is -2.37. The molecule has 0 aliphatic carbocycles.